The molecule has 0 aromatic heterocycles. The Balaban J connectivity index is 0.000000621. The van der Waals surface area contributed by atoms with Gasteiger partial charge in [0.25, 0.3) is 0 Å². The Kier molecular flexibility index (Phi) is 10.3. The van der Waals surface area contributed by atoms with E-state index in [9.17, 15) is 17.3 Å². The summed E-state index contributed by atoms with van der Waals surface area (Å²) in [4.78, 5) is 2.43. The van der Waals surface area contributed by atoms with Gasteiger partial charge in [-0.25, -0.2) is 0 Å². The van der Waals surface area contributed by atoms with E-state index < -0.39 is 7.25 Å². The van der Waals surface area contributed by atoms with E-state index in [-0.39, 0.29) is 0 Å². The van der Waals surface area contributed by atoms with Gasteiger partial charge in [-0.05, 0) is 25.6 Å². The zero-order valence-corrected chi connectivity index (χ0v) is 12.4. The van der Waals surface area contributed by atoms with Crippen molar-refractivity contribution in [1.82, 2.24) is 4.90 Å². The van der Waals surface area contributed by atoms with Crippen molar-refractivity contribution >= 4 is 7.25 Å². The third-order valence-electron chi connectivity index (χ3n) is 2.93. The predicted molar refractivity (Wildman–Crippen MR) is 78.0 cm³/mol. The number of halogens is 4. The molecule has 0 aliphatic carbocycles. The van der Waals surface area contributed by atoms with E-state index in [1.54, 1.807) is 0 Å². The number of allylic oxidation sites excluding steroid dienone is 2. The topological polar surface area (TPSA) is 3.24 Å². The van der Waals surface area contributed by atoms with Crippen LogP contribution in [0.5, 0.6) is 0 Å². The molecule has 0 spiro atoms. The Labute approximate surface area is 119 Å². The molecule has 0 unspecified atom stereocenters. The van der Waals surface area contributed by atoms with E-state index in [0.29, 0.717) is 0 Å². The molecule has 0 aromatic rings. The first-order valence-corrected chi connectivity index (χ1v) is 7.28. The largest absolute Gasteiger partial charge is 0.673 e. The van der Waals surface area contributed by atoms with E-state index in [0.717, 1.165) is 6.54 Å². The number of hydrogen-bond donors (Lipinski definition) is 0. The molecule has 1 heterocycles. The highest BCUT2D eigenvalue weighted by Gasteiger charge is 2.20. The lowest BCUT2D eigenvalue weighted by Gasteiger charge is -2.23. The quantitative estimate of drug-likeness (QED) is 0.344. The van der Waals surface area contributed by atoms with Crippen molar-refractivity contribution in [2.24, 2.45) is 0 Å². The standard InChI is InChI=1S/C14H25N.BF4/c1-3-4-5-6-7-8-11-15-12-9-10-14(2)13-15;2-1(3,4)5/h9-10,12H,3-8,11,13H2,1-2H3;/q;-1. The molecule has 1 nitrogen and oxygen atoms in total. The molecule has 118 valence electrons. The minimum Gasteiger partial charge on any atom is -0.418 e. The monoisotopic (exact) mass is 294 g/mol. The maximum Gasteiger partial charge on any atom is 0.673 e. The van der Waals surface area contributed by atoms with Crippen LogP contribution < -0.4 is 0 Å². The summed E-state index contributed by atoms with van der Waals surface area (Å²) in [7, 11) is -6.00. The van der Waals surface area contributed by atoms with Crippen molar-refractivity contribution < 1.29 is 17.3 Å². The summed E-state index contributed by atoms with van der Waals surface area (Å²) in [5.41, 5.74) is 1.48. The normalized spacial score (nSPS) is 14.7. The highest BCUT2D eigenvalue weighted by atomic mass is 19.5. The van der Waals surface area contributed by atoms with Gasteiger partial charge in [-0.15, -0.1) is 0 Å². The summed E-state index contributed by atoms with van der Waals surface area (Å²) < 4.78 is 39.0. The molecular weight excluding hydrogens is 269 g/mol. The van der Waals surface area contributed by atoms with Crippen molar-refractivity contribution in [2.75, 3.05) is 13.1 Å². The van der Waals surface area contributed by atoms with Crippen molar-refractivity contribution in [2.45, 2.75) is 52.4 Å². The van der Waals surface area contributed by atoms with Crippen LogP contribution in [0.15, 0.2) is 23.9 Å². The summed E-state index contributed by atoms with van der Waals surface area (Å²) in [6.07, 6.45) is 14.9. The van der Waals surface area contributed by atoms with Crippen LogP contribution in [-0.4, -0.2) is 25.2 Å². The Morgan fingerprint density at radius 3 is 2.15 bits per heavy atom. The maximum absolute atomic E-state index is 9.75. The van der Waals surface area contributed by atoms with E-state index in [1.165, 1.54) is 50.6 Å². The number of unbranched alkanes of at least 4 members (excludes halogenated alkanes) is 5. The SMILES string of the molecule is CCCCCCCCN1C=CC=C(C)C1.F[B-](F)(F)F. The number of rotatable bonds is 7. The summed E-state index contributed by atoms with van der Waals surface area (Å²) in [5, 5.41) is 0. The van der Waals surface area contributed by atoms with Gasteiger partial charge >= 0.3 is 7.25 Å². The molecule has 0 amide bonds. The smallest absolute Gasteiger partial charge is 0.418 e. The Bertz CT molecular complexity index is 294. The highest BCUT2D eigenvalue weighted by molar-refractivity contribution is 6.50. The second-order valence-electron chi connectivity index (χ2n) is 5.09. The Hall–Kier alpha value is -0.935. The molecule has 0 saturated carbocycles. The summed E-state index contributed by atoms with van der Waals surface area (Å²) in [6.45, 7) is 6.84. The molecule has 0 radical (unpaired) electrons. The second kappa shape index (κ2) is 10.8. The molecule has 0 atom stereocenters. The average molecular weight is 294 g/mol. The molecule has 0 aromatic carbocycles. The van der Waals surface area contributed by atoms with Crippen molar-refractivity contribution in [3.8, 4) is 0 Å². The molecule has 0 fully saturated rings. The van der Waals surface area contributed by atoms with Gasteiger partial charge in [0.05, 0.1) is 0 Å². The fourth-order valence-corrected chi connectivity index (χ4v) is 2.00. The molecule has 20 heavy (non-hydrogen) atoms. The van der Waals surface area contributed by atoms with Crippen molar-refractivity contribution in [1.29, 1.82) is 0 Å². The lowest BCUT2D eigenvalue weighted by Crippen LogP contribution is -2.22. The summed E-state index contributed by atoms with van der Waals surface area (Å²) in [6, 6.07) is 0. The average Bonchev–Trinajstić information content (AvgIpc) is 2.32. The summed E-state index contributed by atoms with van der Waals surface area (Å²) in [5.74, 6) is 0. The van der Waals surface area contributed by atoms with E-state index in [4.69, 9.17) is 0 Å². The van der Waals surface area contributed by atoms with Crippen LogP contribution in [0.25, 0.3) is 0 Å². The van der Waals surface area contributed by atoms with Gasteiger partial charge in [0.15, 0.2) is 0 Å². The van der Waals surface area contributed by atoms with E-state index >= 15 is 0 Å². The minimum atomic E-state index is -6.00. The zero-order chi connectivity index (χ0) is 15.4. The lowest BCUT2D eigenvalue weighted by atomic mass is 10.1. The number of nitrogens with zero attached hydrogens (tertiary/aromatic N) is 1. The van der Waals surface area contributed by atoms with Gasteiger partial charge in [0.2, 0.25) is 0 Å². The van der Waals surface area contributed by atoms with Crippen LogP contribution in [0, 0.1) is 0 Å². The molecule has 1 rings (SSSR count). The van der Waals surface area contributed by atoms with Crippen LogP contribution in [0.2, 0.25) is 0 Å². The fraction of sp³-hybridized carbons (Fsp3) is 0.714. The fourth-order valence-electron chi connectivity index (χ4n) is 2.00. The molecular formula is C14H25BF4N-. The van der Waals surface area contributed by atoms with Crippen LogP contribution in [0.4, 0.5) is 17.3 Å². The van der Waals surface area contributed by atoms with Gasteiger partial charge < -0.3 is 22.2 Å². The second-order valence-corrected chi connectivity index (χ2v) is 5.09. The third-order valence-corrected chi connectivity index (χ3v) is 2.93. The summed E-state index contributed by atoms with van der Waals surface area (Å²) >= 11 is 0. The van der Waals surface area contributed by atoms with Crippen LogP contribution in [0.3, 0.4) is 0 Å². The van der Waals surface area contributed by atoms with E-state index in [2.05, 4.69) is 37.1 Å². The predicted octanol–water partition coefficient (Wildman–Crippen LogP) is 5.42. The van der Waals surface area contributed by atoms with Crippen LogP contribution >= 0.6 is 0 Å². The first kappa shape index (κ1) is 19.1. The molecule has 6 heteroatoms. The molecule has 0 saturated heterocycles. The first-order valence-electron chi connectivity index (χ1n) is 7.28. The lowest BCUT2D eigenvalue weighted by molar-refractivity contribution is 0.368. The van der Waals surface area contributed by atoms with E-state index in [1.807, 2.05) is 0 Å². The van der Waals surface area contributed by atoms with Crippen LogP contribution in [0.1, 0.15) is 52.4 Å². The molecule has 0 bridgehead atoms. The first-order chi connectivity index (χ1) is 9.33. The highest BCUT2D eigenvalue weighted by Crippen LogP contribution is 2.10. The zero-order valence-electron chi connectivity index (χ0n) is 12.4. The van der Waals surface area contributed by atoms with Gasteiger partial charge in [-0.1, -0.05) is 50.7 Å². The molecule has 0 N–H and O–H groups in total. The van der Waals surface area contributed by atoms with Crippen molar-refractivity contribution in [3.05, 3.63) is 23.9 Å². The Morgan fingerprint density at radius 2 is 1.60 bits per heavy atom. The third kappa shape index (κ3) is 15.1. The van der Waals surface area contributed by atoms with Gasteiger partial charge in [0, 0.05) is 13.1 Å². The number of hydrogen-bond acceptors (Lipinski definition) is 1. The maximum atomic E-state index is 9.75. The molecule has 1 aliphatic rings. The van der Waals surface area contributed by atoms with Crippen LogP contribution in [-0.2, 0) is 0 Å². The van der Waals surface area contributed by atoms with Gasteiger partial charge in [-0.3, -0.25) is 0 Å². The van der Waals surface area contributed by atoms with Gasteiger partial charge in [0.1, 0.15) is 0 Å². The van der Waals surface area contributed by atoms with Gasteiger partial charge in [-0.2, -0.15) is 0 Å². The Morgan fingerprint density at radius 1 is 1.05 bits per heavy atom. The minimum absolute atomic E-state index is 1.13. The molecule has 1 aliphatic heterocycles. The van der Waals surface area contributed by atoms with Crippen molar-refractivity contribution in [3.63, 3.8) is 0 Å².